The van der Waals surface area contributed by atoms with Gasteiger partial charge >= 0.3 is 0 Å². The van der Waals surface area contributed by atoms with E-state index in [1.54, 1.807) is 0 Å². The van der Waals surface area contributed by atoms with Crippen LogP contribution >= 0.6 is 0 Å². The van der Waals surface area contributed by atoms with Crippen molar-refractivity contribution >= 4 is 5.69 Å². The molecule has 1 N–H and O–H groups in total. The standard InChI is InChI=1S/C17H24N4/c1-3-6-15-12-21(13-16-9-10-20(2)19-16)17-8-5-4-7-14(17)11-18-15/h4-5,7-10,15,18H,3,6,11-13H2,1-2H3. The van der Waals surface area contributed by atoms with Crippen LogP contribution in [0.25, 0.3) is 0 Å². The van der Waals surface area contributed by atoms with Gasteiger partial charge in [-0.1, -0.05) is 31.5 Å². The lowest BCUT2D eigenvalue weighted by atomic mass is 10.1. The molecule has 1 aliphatic heterocycles. The first-order chi connectivity index (χ1) is 10.3. The average Bonchev–Trinajstić information content (AvgIpc) is 2.81. The number of hydrogen-bond donors (Lipinski definition) is 1. The van der Waals surface area contributed by atoms with Gasteiger partial charge in [0.15, 0.2) is 0 Å². The van der Waals surface area contributed by atoms with Crippen LogP contribution in [0, 0.1) is 0 Å². The molecule has 3 rings (SSSR count). The van der Waals surface area contributed by atoms with Gasteiger partial charge in [-0.3, -0.25) is 4.68 Å². The number of nitrogens with zero attached hydrogens (tertiary/aromatic N) is 3. The second kappa shape index (κ2) is 6.31. The Balaban J connectivity index is 1.86. The van der Waals surface area contributed by atoms with E-state index < -0.39 is 0 Å². The Morgan fingerprint density at radius 2 is 2.14 bits per heavy atom. The van der Waals surface area contributed by atoms with Crippen molar-refractivity contribution in [3.8, 4) is 0 Å². The van der Waals surface area contributed by atoms with Gasteiger partial charge in [-0.25, -0.2) is 0 Å². The van der Waals surface area contributed by atoms with Crippen LogP contribution in [-0.2, 0) is 20.1 Å². The minimum atomic E-state index is 0.547. The number of fused-ring (bicyclic) bond motifs is 1. The van der Waals surface area contributed by atoms with Crippen LogP contribution in [-0.4, -0.2) is 22.4 Å². The Morgan fingerprint density at radius 3 is 2.90 bits per heavy atom. The molecule has 1 unspecified atom stereocenters. The molecule has 0 fully saturated rings. The van der Waals surface area contributed by atoms with Gasteiger partial charge in [0.25, 0.3) is 0 Å². The van der Waals surface area contributed by atoms with Crippen LogP contribution < -0.4 is 10.2 Å². The zero-order valence-corrected chi connectivity index (χ0v) is 12.9. The first-order valence-corrected chi connectivity index (χ1v) is 7.81. The number of anilines is 1. The highest BCUT2D eigenvalue weighted by atomic mass is 15.3. The van der Waals surface area contributed by atoms with E-state index in [0.29, 0.717) is 6.04 Å². The molecule has 2 aromatic rings. The summed E-state index contributed by atoms with van der Waals surface area (Å²) in [6, 6.07) is 11.4. The summed E-state index contributed by atoms with van der Waals surface area (Å²) < 4.78 is 1.88. The summed E-state index contributed by atoms with van der Waals surface area (Å²) in [6.45, 7) is 5.13. The van der Waals surface area contributed by atoms with Crippen molar-refractivity contribution < 1.29 is 0 Å². The lowest BCUT2D eigenvalue weighted by Gasteiger charge is -2.27. The van der Waals surface area contributed by atoms with Gasteiger partial charge in [-0.05, 0) is 24.1 Å². The molecule has 1 aromatic carbocycles. The molecule has 4 nitrogen and oxygen atoms in total. The second-order valence-corrected chi connectivity index (χ2v) is 5.86. The summed E-state index contributed by atoms with van der Waals surface area (Å²) in [5, 5.41) is 8.23. The predicted octanol–water partition coefficient (Wildman–Crippen LogP) is 2.70. The van der Waals surface area contributed by atoms with Gasteiger partial charge in [0.1, 0.15) is 0 Å². The van der Waals surface area contributed by atoms with Gasteiger partial charge < -0.3 is 10.2 Å². The maximum Gasteiger partial charge on any atom is 0.0817 e. The number of hydrogen-bond acceptors (Lipinski definition) is 3. The van der Waals surface area contributed by atoms with Crippen molar-refractivity contribution in [3.05, 3.63) is 47.8 Å². The van der Waals surface area contributed by atoms with Crippen LogP contribution in [0.1, 0.15) is 31.0 Å². The van der Waals surface area contributed by atoms with E-state index in [1.807, 2.05) is 17.9 Å². The lowest BCUT2D eigenvalue weighted by molar-refractivity contribution is 0.478. The molecule has 0 bridgehead atoms. The van der Waals surface area contributed by atoms with Crippen LogP contribution in [0.3, 0.4) is 0 Å². The molecule has 1 aliphatic rings. The molecule has 0 radical (unpaired) electrons. The fourth-order valence-electron chi connectivity index (χ4n) is 3.09. The molecule has 4 heteroatoms. The van der Waals surface area contributed by atoms with Crippen molar-refractivity contribution in [3.63, 3.8) is 0 Å². The zero-order valence-electron chi connectivity index (χ0n) is 12.9. The topological polar surface area (TPSA) is 33.1 Å². The third-order valence-electron chi connectivity index (χ3n) is 4.11. The summed E-state index contributed by atoms with van der Waals surface area (Å²) in [7, 11) is 1.97. The number of nitrogens with one attached hydrogen (secondary N) is 1. The first kappa shape index (κ1) is 14.1. The third kappa shape index (κ3) is 3.27. The fraction of sp³-hybridized carbons (Fsp3) is 0.471. The average molecular weight is 284 g/mol. The molecule has 1 atom stereocenters. The largest absolute Gasteiger partial charge is 0.364 e. The maximum atomic E-state index is 4.53. The molecule has 1 aromatic heterocycles. The number of aromatic nitrogens is 2. The highest BCUT2D eigenvalue weighted by Crippen LogP contribution is 2.25. The number of aryl methyl sites for hydroxylation is 1. The summed E-state index contributed by atoms with van der Waals surface area (Å²) in [5.41, 5.74) is 3.85. The third-order valence-corrected chi connectivity index (χ3v) is 4.11. The Morgan fingerprint density at radius 1 is 1.29 bits per heavy atom. The van der Waals surface area contributed by atoms with E-state index in [-0.39, 0.29) is 0 Å². The Bertz CT molecular complexity index is 590. The fourth-order valence-corrected chi connectivity index (χ4v) is 3.09. The Hall–Kier alpha value is -1.81. The van der Waals surface area contributed by atoms with Gasteiger partial charge in [-0.2, -0.15) is 5.10 Å². The normalized spacial score (nSPS) is 18.4. The van der Waals surface area contributed by atoms with Crippen molar-refractivity contribution in [1.29, 1.82) is 0 Å². The van der Waals surface area contributed by atoms with E-state index in [0.717, 1.165) is 25.3 Å². The van der Waals surface area contributed by atoms with E-state index in [9.17, 15) is 0 Å². The van der Waals surface area contributed by atoms with Crippen molar-refractivity contribution in [2.75, 3.05) is 11.4 Å². The van der Waals surface area contributed by atoms with Crippen molar-refractivity contribution in [2.45, 2.75) is 38.9 Å². The second-order valence-electron chi connectivity index (χ2n) is 5.86. The first-order valence-electron chi connectivity index (χ1n) is 7.81. The number of rotatable bonds is 4. The number of para-hydroxylation sites is 1. The van der Waals surface area contributed by atoms with E-state index >= 15 is 0 Å². The lowest BCUT2D eigenvalue weighted by Crippen LogP contribution is -2.38. The molecule has 0 amide bonds. The molecule has 0 spiro atoms. The molecule has 112 valence electrons. The highest BCUT2D eigenvalue weighted by molar-refractivity contribution is 5.54. The minimum absolute atomic E-state index is 0.547. The van der Waals surface area contributed by atoms with Crippen LogP contribution in [0.15, 0.2) is 36.5 Å². The van der Waals surface area contributed by atoms with Gasteiger partial charge in [-0.15, -0.1) is 0 Å². The minimum Gasteiger partial charge on any atom is -0.364 e. The quantitative estimate of drug-likeness (QED) is 0.937. The smallest absolute Gasteiger partial charge is 0.0817 e. The van der Waals surface area contributed by atoms with E-state index in [4.69, 9.17) is 0 Å². The maximum absolute atomic E-state index is 4.53. The number of benzene rings is 1. The summed E-state index contributed by atoms with van der Waals surface area (Å²) in [4.78, 5) is 2.47. The van der Waals surface area contributed by atoms with E-state index in [2.05, 4.69) is 52.6 Å². The van der Waals surface area contributed by atoms with Crippen LogP contribution in [0.2, 0.25) is 0 Å². The molecule has 0 saturated carbocycles. The molecular formula is C17H24N4. The predicted molar refractivity (Wildman–Crippen MR) is 86.2 cm³/mol. The summed E-state index contributed by atoms with van der Waals surface area (Å²) >= 11 is 0. The van der Waals surface area contributed by atoms with Gasteiger partial charge in [0.05, 0.1) is 12.2 Å². The van der Waals surface area contributed by atoms with E-state index in [1.165, 1.54) is 24.1 Å². The monoisotopic (exact) mass is 284 g/mol. The van der Waals surface area contributed by atoms with Crippen molar-refractivity contribution in [1.82, 2.24) is 15.1 Å². The highest BCUT2D eigenvalue weighted by Gasteiger charge is 2.21. The van der Waals surface area contributed by atoms with Crippen molar-refractivity contribution in [2.24, 2.45) is 7.05 Å². The van der Waals surface area contributed by atoms with Gasteiger partial charge in [0, 0.05) is 38.1 Å². The van der Waals surface area contributed by atoms with Crippen LogP contribution in [0.5, 0.6) is 0 Å². The molecule has 2 heterocycles. The zero-order chi connectivity index (χ0) is 14.7. The molecular weight excluding hydrogens is 260 g/mol. The molecule has 21 heavy (non-hydrogen) atoms. The SMILES string of the molecule is CCCC1CN(Cc2ccn(C)n2)c2ccccc2CN1. The van der Waals surface area contributed by atoms with Crippen LogP contribution in [0.4, 0.5) is 5.69 Å². The molecule has 0 saturated heterocycles. The van der Waals surface area contributed by atoms with Gasteiger partial charge in [0.2, 0.25) is 0 Å². The summed E-state index contributed by atoms with van der Waals surface area (Å²) in [6.07, 6.45) is 4.44. The molecule has 0 aliphatic carbocycles. The Labute approximate surface area is 126 Å². The summed E-state index contributed by atoms with van der Waals surface area (Å²) in [5.74, 6) is 0. The Kier molecular flexibility index (Phi) is 4.25.